The minimum absolute atomic E-state index is 0.0154. The molecule has 1 unspecified atom stereocenters. The molecule has 2 aromatic rings. The number of hydrogen-bond donors (Lipinski definition) is 2. The molecule has 1 amide bonds. The molecule has 0 aliphatic heterocycles. The molecule has 26 heavy (non-hydrogen) atoms. The third kappa shape index (κ3) is 5.34. The Morgan fingerprint density at radius 1 is 1.46 bits per heavy atom. The molecule has 1 heterocycles. The van der Waals surface area contributed by atoms with Gasteiger partial charge in [0, 0.05) is 11.8 Å². The van der Waals surface area contributed by atoms with Crippen LogP contribution < -0.4 is 15.4 Å². The number of nitriles is 1. The zero-order valence-corrected chi connectivity index (χ0v) is 16.7. The van der Waals surface area contributed by atoms with Crippen LogP contribution in [-0.4, -0.2) is 34.5 Å². The highest BCUT2D eigenvalue weighted by molar-refractivity contribution is 8.01. The van der Waals surface area contributed by atoms with Gasteiger partial charge >= 0.3 is 0 Å². The summed E-state index contributed by atoms with van der Waals surface area (Å²) in [6.07, 6.45) is 0. The number of amides is 1. The maximum atomic E-state index is 12.1. The summed E-state index contributed by atoms with van der Waals surface area (Å²) < 4.78 is 5.86. The van der Waals surface area contributed by atoms with E-state index in [4.69, 9.17) is 4.74 Å². The van der Waals surface area contributed by atoms with Crippen molar-refractivity contribution in [2.24, 2.45) is 5.92 Å². The van der Waals surface area contributed by atoms with Gasteiger partial charge in [0.05, 0.1) is 18.9 Å². The van der Waals surface area contributed by atoms with Crippen LogP contribution in [0.25, 0.3) is 0 Å². The first-order valence-electron chi connectivity index (χ1n) is 7.96. The lowest BCUT2D eigenvalue weighted by atomic mass is 9.90. The van der Waals surface area contributed by atoms with Gasteiger partial charge in [-0.2, -0.15) is 5.26 Å². The van der Waals surface area contributed by atoms with Gasteiger partial charge < -0.3 is 15.4 Å². The first-order chi connectivity index (χ1) is 12.4. The summed E-state index contributed by atoms with van der Waals surface area (Å²) >= 11 is 2.65. The molecule has 0 bridgehead atoms. The number of carbonyl (C=O) groups excluding carboxylic acids is 1. The van der Waals surface area contributed by atoms with Crippen LogP contribution in [-0.2, 0) is 4.79 Å². The van der Waals surface area contributed by atoms with E-state index in [0.29, 0.717) is 9.47 Å². The SMILES string of the molecule is COc1cccc(Nc2nnc(SCC(=O)NC(C)(C#N)C(C)C)s2)c1. The highest BCUT2D eigenvalue weighted by atomic mass is 32.2. The molecule has 0 aliphatic rings. The predicted molar refractivity (Wildman–Crippen MR) is 104 cm³/mol. The van der Waals surface area contributed by atoms with Crippen LogP contribution >= 0.6 is 23.1 Å². The molecule has 0 spiro atoms. The van der Waals surface area contributed by atoms with Crippen LogP contribution in [0.5, 0.6) is 5.75 Å². The zero-order chi connectivity index (χ0) is 19.2. The topological polar surface area (TPSA) is 99.9 Å². The number of methoxy groups -OCH3 is 1. The molecule has 2 rings (SSSR count). The number of aromatic nitrogens is 2. The summed E-state index contributed by atoms with van der Waals surface area (Å²) in [5.74, 6) is 0.737. The van der Waals surface area contributed by atoms with Crippen molar-refractivity contribution >= 4 is 39.8 Å². The standard InChI is InChI=1S/C17H21N5O2S2/c1-11(2)17(3,10-18)20-14(23)9-25-16-22-21-15(26-16)19-12-6-5-7-13(8-12)24-4/h5-8,11H,9H2,1-4H3,(H,19,21)(H,20,23). The molecular weight excluding hydrogens is 370 g/mol. The second kappa shape index (κ2) is 8.87. The van der Waals surface area contributed by atoms with Crippen molar-refractivity contribution in [2.45, 2.75) is 30.6 Å². The highest BCUT2D eigenvalue weighted by Gasteiger charge is 2.29. The molecule has 1 atom stereocenters. The van der Waals surface area contributed by atoms with Crippen molar-refractivity contribution in [2.75, 3.05) is 18.2 Å². The molecule has 7 nitrogen and oxygen atoms in total. The van der Waals surface area contributed by atoms with Gasteiger partial charge in [0.2, 0.25) is 11.0 Å². The van der Waals surface area contributed by atoms with Crippen molar-refractivity contribution in [1.29, 1.82) is 5.26 Å². The minimum atomic E-state index is -0.877. The summed E-state index contributed by atoms with van der Waals surface area (Å²) in [5, 5.41) is 24.0. The molecule has 0 saturated heterocycles. The normalized spacial score (nSPS) is 12.9. The first-order valence-corrected chi connectivity index (χ1v) is 9.76. The zero-order valence-electron chi connectivity index (χ0n) is 15.1. The van der Waals surface area contributed by atoms with E-state index in [1.165, 1.54) is 23.1 Å². The number of benzene rings is 1. The van der Waals surface area contributed by atoms with Gasteiger partial charge in [-0.15, -0.1) is 10.2 Å². The van der Waals surface area contributed by atoms with Gasteiger partial charge in [-0.05, 0) is 25.0 Å². The average molecular weight is 392 g/mol. The van der Waals surface area contributed by atoms with Crippen molar-refractivity contribution in [3.63, 3.8) is 0 Å². The Labute approximate surface area is 161 Å². The Morgan fingerprint density at radius 3 is 2.88 bits per heavy atom. The quantitative estimate of drug-likeness (QED) is 0.665. The summed E-state index contributed by atoms with van der Waals surface area (Å²) in [4.78, 5) is 12.1. The van der Waals surface area contributed by atoms with E-state index in [9.17, 15) is 10.1 Å². The van der Waals surface area contributed by atoms with Gasteiger partial charge in [-0.25, -0.2) is 0 Å². The molecular formula is C17H21N5O2S2. The van der Waals surface area contributed by atoms with Crippen molar-refractivity contribution < 1.29 is 9.53 Å². The molecule has 0 saturated carbocycles. The van der Waals surface area contributed by atoms with Crippen molar-refractivity contribution in [3.05, 3.63) is 24.3 Å². The fourth-order valence-electron chi connectivity index (χ4n) is 1.90. The number of hydrogen-bond acceptors (Lipinski definition) is 8. The Balaban J connectivity index is 1.90. The average Bonchev–Trinajstić information content (AvgIpc) is 3.07. The number of nitrogens with one attached hydrogen (secondary N) is 2. The molecule has 2 N–H and O–H groups in total. The lowest BCUT2D eigenvalue weighted by molar-refractivity contribution is -0.120. The molecule has 0 fully saturated rings. The third-order valence-corrected chi connectivity index (χ3v) is 5.81. The fourth-order valence-corrected chi connectivity index (χ4v) is 3.47. The lowest BCUT2D eigenvalue weighted by Gasteiger charge is -2.27. The van der Waals surface area contributed by atoms with E-state index in [0.717, 1.165) is 11.4 Å². The Morgan fingerprint density at radius 2 is 2.23 bits per heavy atom. The van der Waals surface area contributed by atoms with Crippen LogP contribution in [0.4, 0.5) is 10.8 Å². The molecule has 9 heteroatoms. The number of thioether (sulfide) groups is 1. The van der Waals surface area contributed by atoms with E-state index in [-0.39, 0.29) is 17.6 Å². The predicted octanol–water partition coefficient (Wildman–Crippen LogP) is 3.44. The second-order valence-electron chi connectivity index (χ2n) is 6.04. The monoisotopic (exact) mass is 391 g/mol. The molecule has 0 aliphatic carbocycles. The molecule has 138 valence electrons. The number of nitrogens with zero attached hydrogens (tertiary/aromatic N) is 3. The molecule has 1 aromatic heterocycles. The van der Waals surface area contributed by atoms with Gasteiger partial charge in [0.15, 0.2) is 4.34 Å². The second-order valence-corrected chi connectivity index (χ2v) is 8.24. The highest BCUT2D eigenvalue weighted by Crippen LogP contribution is 2.28. The lowest BCUT2D eigenvalue weighted by Crippen LogP contribution is -2.49. The number of rotatable bonds is 8. The van der Waals surface area contributed by atoms with Crippen LogP contribution in [0.3, 0.4) is 0 Å². The smallest absolute Gasteiger partial charge is 0.231 e. The van der Waals surface area contributed by atoms with Crippen LogP contribution in [0.2, 0.25) is 0 Å². The Hall–Kier alpha value is -2.31. The summed E-state index contributed by atoms with van der Waals surface area (Å²) in [7, 11) is 1.61. The Bertz CT molecular complexity index is 802. The summed E-state index contributed by atoms with van der Waals surface area (Å²) in [5.41, 5.74) is -0.0331. The summed E-state index contributed by atoms with van der Waals surface area (Å²) in [6.45, 7) is 5.52. The minimum Gasteiger partial charge on any atom is -0.497 e. The van der Waals surface area contributed by atoms with Crippen molar-refractivity contribution in [3.8, 4) is 11.8 Å². The largest absolute Gasteiger partial charge is 0.497 e. The van der Waals surface area contributed by atoms with E-state index in [2.05, 4.69) is 26.9 Å². The number of carbonyl (C=O) groups is 1. The summed E-state index contributed by atoms with van der Waals surface area (Å²) in [6, 6.07) is 9.66. The number of ether oxygens (including phenoxy) is 1. The van der Waals surface area contributed by atoms with E-state index in [1.807, 2.05) is 38.1 Å². The van der Waals surface area contributed by atoms with Gasteiger partial charge in [-0.3, -0.25) is 4.79 Å². The number of anilines is 2. The van der Waals surface area contributed by atoms with Gasteiger partial charge in [0.1, 0.15) is 11.3 Å². The third-order valence-electron chi connectivity index (χ3n) is 3.84. The van der Waals surface area contributed by atoms with Crippen LogP contribution in [0, 0.1) is 17.2 Å². The van der Waals surface area contributed by atoms with Crippen LogP contribution in [0.15, 0.2) is 28.6 Å². The van der Waals surface area contributed by atoms with Gasteiger partial charge in [-0.1, -0.05) is 43.0 Å². The van der Waals surface area contributed by atoms with E-state index in [1.54, 1.807) is 14.0 Å². The van der Waals surface area contributed by atoms with Crippen molar-refractivity contribution in [1.82, 2.24) is 15.5 Å². The van der Waals surface area contributed by atoms with Gasteiger partial charge in [0.25, 0.3) is 0 Å². The maximum Gasteiger partial charge on any atom is 0.231 e. The molecule has 1 aromatic carbocycles. The first kappa shape index (κ1) is 20.0. The van der Waals surface area contributed by atoms with Crippen LogP contribution in [0.1, 0.15) is 20.8 Å². The van der Waals surface area contributed by atoms with E-state index >= 15 is 0 Å². The fraction of sp³-hybridized carbons (Fsp3) is 0.412. The molecule has 0 radical (unpaired) electrons. The van der Waals surface area contributed by atoms with E-state index < -0.39 is 5.54 Å². The Kier molecular flexibility index (Phi) is 6.83. The maximum absolute atomic E-state index is 12.1.